The maximum Gasteiger partial charge on any atom is 0.142 e. The van der Waals surface area contributed by atoms with Crippen LogP contribution < -0.4 is 5.32 Å². The van der Waals surface area contributed by atoms with Crippen LogP contribution in [-0.2, 0) is 6.54 Å². The summed E-state index contributed by atoms with van der Waals surface area (Å²) in [4.78, 5) is 9.54. The van der Waals surface area contributed by atoms with Gasteiger partial charge in [-0.2, -0.15) is 11.8 Å². The number of aryl methyl sites for hydroxylation is 2. The summed E-state index contributed by atoms with van der Waals surface area (Å²) in [5.74, 6) is 5.33. The molecule has 1 aromatic rings. The molecule has 1 saturated heterocycles. The van der Waals surface area contributed by atoms with E-state index in [0.717, 1.165) is 36.1 Å². The minimum Gasteiger partial charge on any atom is -0.312 e. The van der Waals surface area contributed by atoms with E-state index >= 15 is 0 Å². The van der Waals surface area contributed by atoms with Gasteiger partial charge in [0.05, 0.1) is 5.25 Å². The number of hydrogen-bond acceptors (Lipinski definition) is 5. The largest absolute Gasteiger partial charge is 0.312 e. The SMILES string of the molecule is Cc1nc(C2CSCCS2)nc(C)c1CNCC(C)C. The highest BCUT2D eigenvalue weighted by molar-refractivity contribution is 8.06. The summed E-state index contributed by atoms with van der Waals surface area (Å²) in [5, 5.41) is 3.97. The fraction of sp³-hybridized carbons (Fsp3) is 0.733. The molecular weight excluding hydrogens is 286 g/mol. The molecule has 1 atom stereocenters. The van der Waals surface area contributed by atoms with Crippen LogP contribution in [0.15, 0.2) is 0 Å². The summed E-state index contributed by atoms with van der Waals surface area (Å²) < 4.78 is 0. The van der Waals surface area contributed by atoms with Crippen molar-refractivity contribution >= 4 is 23.5 Å². The third-order valence-electron chi connectivity index (χ3n) is 3.40. The standard InChI is InChI=1S/C15H25N3S2/c1-10(2)7-16-8-13-11(3)17-15(18-12(13)4)14-9-19-5-6-20-14/h10,14,16H,5-9H2,1-4H3. The van der Waals surface area contributed by atoms with E-state index in [2.05, 4.69) is 33.0 Å². The smallest absolute Gasteiger partial charge is 0.142 e. The zero-order valence-electron chi connectivity index (χ0n) is 12.9. The van der Waals surface area contributed by atoms with Gasteiger partial charge in [-0.05, 0) is 26.3 Å². The van der Waals surface area contributed by atoms with E-state index < -0.39 is 0 Å². The predicted molar refractivity (Wildman–Crippen MR) is 90.6 cm³/mol. The summed E-state index contributed by atoms with van der Waals surface area (Å²) in [7, 11) is 0. The van der Waals surface area contributed by atoms with E-state index in [0.29, 0.717) is 11.2 Å². The summed E-state index contributed by atoms with van der Waals surface area (Å²) in [5.41, 5.74) is 3.54. The van der Waals surface area contributed by atoms with Gasteiger partial charge in [-0.25, -0.2) is 9.97 Å². The zero-order valence-corrected chi connectivity index (χ0v) is 14.5. The molecule has 1 aliphatic rings. The number of nitrogens with zero attached hydrogens (tertiary/aromatic N) is 2. The first-order valence-electron chi connectivity index (χ1n) is 7.32. The number of rotatable bonds is 5. The monoisotopic (exact) mass is 311 g/mol. The third-order valence-corrected chi connectivity index (χ3v) is 6.15. The van der Waals surface area contributed by atoms with Gasteiger partial charge in [-0.15, -0.1) is 11.8 Å². The van der Waals surface area contributed by atoms with Gasteiger partial charge in [0, 0.05) is 40.8 Å². The van der Waals surface area contributed by atoms with E-state index in [1.165, 1.54) is 17.1 Å². The van der Waals surface area contributed by atoms with Crippen LogP contribution in [0.2, 0.25) is 0 Å². The molecule has 112 valence electrons. The number of hydrogen-bond donors (Lipinski definition) is 1. The van der Waals surface area contributed by atoms with Crippen molar-refractivity contribution in [3.8, 4) is 0 Å². The first-order valence-corrected chi connectivity index (χ1v) is 9.52. The number of nitrogens with one attached hydrogen (secondary N) is 1. The molecule has 0 aromatic carbocycles. The summed E-state index contributed by atoms with van der Waals surface area (Å²) >= 11 is 4.02. The molecule has 3 nitrogen and oxygen atoms in total. The normalized spacial score (nSPS) is 19.6. The molecule has 0 radical (unpaired) electrons. The van der Waals surface area contributed by atoms with Gasteiger partial charge in [0.25, 0.3) is 0 Å². The third kappa shape index (κ3) is 4.37. The van der Waals surface area contributed by atoms with Crippen LogP contribution in [0.25, 0.3) is 0 Å². The molecule has 0 aliphatic carbocycles. The van der Waals surface area contributed by atoms with Crippen molar-refractivity contribution in [2.75, 3.05) is 23.8 Å². The second-order valence-electron chi connectivity index (χ2n) is 5.69. The van der Waals surface area contributed by atoms with E-state index in [9.17, 15) is 0 Å². The van der Waals surface area contributed by atoms with Gasteiger partial charge in [-0.3, -0.25) is 0 Å². The highest BCUT2D eigenvalue weighted by Gasteiger charge is 2.20. The zero-order chi connectivity index (χ0) is 14.5. The maximum atomic E-state index is 4.77. The Morgan fingerprint density at radius 1 is 1.20 bits per heavy atom. The minimum atomic E-state index is 0.476. The molecule has 0 saturated carbocycles. The van der Waals surface area contributed by atoms with E-state index in [-0.39, 0.29) is 0 Å². The summed E-state index contributed by atoms with van der Waals surface area (Å²) in [6.45, 7) is 10.6. The van der Waals surface area contributed by atoms with Gasteiger partial charge in [-0.1, -0.05) is 13.8 Å². The molecule has 0 bridgehead atoms. The van der Waals surface area contributed by atoms with Crippen LogP contribution in [-0.4, -0.2) is 33.8 Å². The Kier molecular flexibility index (Phi) is 6.18. The molecule has 1 aromatic heterocycles. The molecule has 0 spiro atoms. The molecule has 2 heterocycles. The van der Waals surface area contributed by atoms with E-state index in [4.69, 9.17) is 9.97 Å². The van der Waals surface area contributed by atoms with Crippen LogP contribution in [0.4, 0.5) is 0 Å². The van der Waals surface area contributed by atoms with Crippen LogP contribution in [0.1, 0.15) is 41.9 Å². The molecule has 0 amide bonds. The minimum absolute atomic E-state index is 0.476. The Balaban J connectivity index is 2.07. The Morgan fingerprint density at radius 2 is 1.90 bits per heavy atom. The average molecular weight is 312 g/mol. The first kappa shape index (κ1) is 16.1. The van der Waals surface area contributed by atoms with Crippen molar-refractivity contribution in [2.24, 2.45) is 5.92 Å². The lowest BCUT2D eigenvalue weighted by Crippen LogP contribution is -2.21. The summed E-state index contributed by atoms with van der Waals surface area (Å²) in [6, 6.07) is 0. The first-order chi connectivity index (χ1) is 9.58. The highest BCUT2D eigenvalue weighted by atomic mass is 32.2. The molecule has 5 heteroatoms. The van der Waals surface area contributed by atoms with Crippen molar-refractivity contribution in [1.82, 2.24) is 15.3 Å². The van der Waals surface area contributed by atoms with Crippen molar-refractivity contribution < 1.29 is 0 Å². The molecule has 1 N–H and O–H groups in total. The Labute approximate surface area is 131 Å². The van der Waals surface area contributed by atoms with Crippen LogP contribution in [0.5, 0.6) is 0 Å². The van der Waals surface area contributed by atoms with Crippen LogP contribution in [0, 0.1) is 19.8 Å². The Hall–Kier alpha value is -0.260. The van der Waals surface area contributed by atoms with Crippen molar-refractivity contribution in [2.45, 2.75) is 39.5 Å². The van der Waals surface area contributed by atoms with Crippen LogP contribution in [0.3, 0.4) is 0 Å². The second kappa shape index (κ2) is 7.66. The number of aromatic nitrogens is 2. The van der Waals surface area contributed by atoms with Crippen molar-refractivity contribution in [3.05, 3.63) is 22.8 Å². The topological polar surface area (TPSA) is 37.8 Å². The molecule has 1 unspecified atom stereocenters. The van der Waals surface area contributed by atoms with E-state index in [1.807, 2.05) is 23.5 Å². The van der Waals surface area contributed by atoms with Gasteiger partial charge < -0.3 is 5.32 Å². The molecule has 1 fully saturated rings. The molecular formula is C15H25N3S2. The molecule has 1 aliphatic heterocycles. The van der Waals surface area contributed by atoms with E-state index in [1.54, 1.807) is 0 Å². The second-order valence-corrected chi connectivity index (χ2v) is 8.15. The maximum absolute atomic E-state index is 4.77. The summed E-state index contributed by atoms with van der Waals surface area (Å²) in [6.07, 6.45) is 0. The number of thioether (sulfide) groups is 2. The van der Waals surface area contributed by atoms with Gasteiger partial charge in [0.1, 0.15) is 5.82 Å². The lowest BCUT2D eigenvalue weighted by Gasteiger charge is -2.21. The van der Waals surface area contributed by atoms with Gasteiger partial charge >= 0.3 is 0 Å². The highest BCUT2D eigenvalue weighted by Crippen LogP contribution is 2.35. The van der Waals surface area contributed by atoms with Gasteiger partial charge in [0.2, 0.25) is 0 Å². The fourth-order valence-electron chi connectivity index (χ4n) is 2.29. The average Bonchev–Trinajstić information content (AvgIpc) is 2.42. The van der Waals surface area contributed by atoms with Crippen molar-refractivity contribution in [3.63, 3.8) is 0 Å². The Morgan fingerprint density at radius 3 is 2.45 bits per heavy atom. The van der Waals surface area contributed by atoms with Crippen molar-refractivity contribution in [1.29, 1.82) is 0 Å². The fourth-order valence-corrected chi connectivity index (χ4v) is 4.89. The lowest BCUT2D eigenvalue weighted by atomic mass is 10.1. The molecule has 20 heavy (non-hydrogen) atoms. The van der Waals surface area contributed by atoms with Gasteiger partial charge in [0.15, 0.2) is 0 Å². The quantitative estimate of drug-likeness (QED) is 0.902. The molecule has 2 rings (SSSR count). The predicted octanol–water partition coefficient (Wildman–Crippen LogP) is 3.36. The lowest BCUT2D eigenvalue weighted by molar-refractivity contribution is 0.548. The van der Waals surface area contributed by atoms with Crippen LogP contribution >= 0.6 is 23.5 Å². The Bertz CT molecular complexity index is 420.